The quantitative estimate of drug-likeness (QED) is 0.471. The van der Waals surface area contributed by atoms with Crippen LogP contribution in [0.3, 0.4) is 0 Å². The number of hydrogen-bond acceptors (Lipinski definition) is 5. The number of rotatable bonds is 6. The fourth-order valence-corrected chi connectivity index (χ4v) is 4.06. The van der Waals surface area contributed by atoms with E-state index in [4.69, 9.17) is 9.47 Å². The number of carbonyl (C=O) groups is 3. The van der Waals surface area contributed by atoms with Gasteiger partial charge >= 0.3 is 12.1 Å². The molecule has 4 rings (SSSR count). The summed E-state index contributed by atoms with van der Waals surface area (Å²) < 4.78 is 11.3. The molecule has 2 amide bonds. The van der Waals surface area contributed by atoms with Crippen LogP contribution in [0.5, 0.6) is 0 Å². The van der Waals surface area contributed by atoms with Crippen molar-refractivity contribution in [2.75, 3.05) is 0 Å². The fourth-order valence-electron chi connectivity index (χ4n) is 4.06. The summed E-state index contributed by atoms with van der Waals surface area (Å²) in [6.45, 7) is 1.76. The molecule has 1 fully saturated rings. The first-order valence-electron chi connectivity index (χ1n) is 11.4. The molecule has 0 aliphatic carbocycles. The minimum absolute atomic E-state index is 0.0102. The predicted octanol–water partition coefficient (Wildman–Crippen LogP) is 5.28. The average Bonchev–Trinajstić information content (AvgIpc) is 2.88. The van der Waals surface area contributed by atoms with Crippen LogP contribution in [0.15, 0.2) is 91.0 Å². The van der Waals surface area contributed by atoms with Crippen molar-refractivity contribution in [3.05, 3.63) is 108 Å². The zero-order valence-corrected chi connectivity index (χ0v) is 19.0. The molecular formula is C28H27NO5. The molecule has 2 atom stereocenters. The SMILES string of the molecule is C[C@@H]1CC[C@@H](C(=O)OC(c2ccccc2)c2ccccc2)N(C(=O)OCc2ccccc2)C1=O. The van der Waals surface area contributed by atoms with Gasteiger partial charge in [-0.3, -0.25) is 4.79 Å². The van der Waals surface area contributed by atoms with Gasteiger partial charge in [-0.1, -0.05) is 97.9 Å². The van der Waals surface area contributed by atoms with Gasteiger partial charge in [0, 0.05) is 5.92 Å². The van der Waals surface area contributed by atoms with Crippen LogP contribution in [0.1, 0.15) is 42.6 Å². The van der Waals surface area contributed by atoms with Gasteiger partial charge in [0.15, 0.2) is 6.10 Å². The monoisotopic (exact) mass is 457 g/mol. The third kappa shape index (κ3) is 5.34. The Kier molecular flexibility index (Phi) is 7.38. The summed E-state index contributed by atoms with van der Waals surface area (Å²) in [5.74, 6) is -1.44. The summed E-state index contributed by atoms with van der Waals surface area (Å²) in [6, 6.07) is 26.9. The number of likely N-dealkylation sites (tertiary alicyclic amines) is 1. The molecular weight excluding hydrogens is 430 g/mol. The van der Waals surface area contributed by atoms with Gasteiger partial charge in [-0.25, -0.2) is 14.5 Å². The van der Waals surface area contributed by atoms with Crippen LogP contribution < -0.4 is 0 Å². The Morgan fingerprint density at radius 1 is 0.853 bits per heavy atom. The van der Waals surface area contributed by atoms with Crippen LogP contribution in [0.25, 0.3) is 0 Å². The largest absolute Gasteiger partial charge is 0.451 e. The standard InChI is InChI=1S/C28H27NO5/c1-20-17-18-24(29(26(20)30)28(32)33-19-21-11-5-2-6-12-21)27(31)34-25(22-13-7-3-8-14-22)23-15-9-4-10-16-23/h2-16,20,24-25H,17-19H2,1H3/t20-,24+/m1/s1. The zero-order chi connectivity index (χ0) is 23.9. The molecule has 1 aliphatic heterocycles. The molecule has 3 aromatic carbocycles. The number of carbonyl (C=O) groups excluding carboxylic acids is 3. The molecule has 3 aromatic rings. The second-order valence-electron chi connectivity index (χ2n) is 8.38. The molecule has 174 valence electrons. The molecule has 0 unspecified atom stereocenters. The van der Waals surface area contributed by atoms with E-state index >= 15 is 0 Å². The molecule has 1 aliphatic rings. The third-order valence-electron chi connectivity index (χ3n) is 5.96. The lowest BCUT2D eigenvalue weighted by atomic mass is 9.93. The highest BCUT2D eigenvalue weighted by Crippen LogP contribution is 2.30. The molecule has 0 saturated carbocycles. The van der Waals surface area contributed by atoms with E-state index in [0.29, 0.717) is 12.8 Å². The lowest BCUT2D eigenvalue weighted by Crippen LogP contribution is -2.54. The van der Waals surface area contributed by atoms with Crippen LogP contribution in [0, 0.1) is 5.92 Å². The van der Waals surface area contributed by atoms with Crippen LogP contribution in [-0.2, 0) is 25.7 Å². The number of piperidine rings is 1. The minimum Gasteiger partial charge on any atom is -0.451 e. The van der Waals surface area contributed by atoms with Crippen LogP contribution in [0.2, 0.25) is 0 Å². The molecule has 6 heteroatoms. The lowest BCUT2D eigenvalue weighted by Gasteiger charge is -2.35. The summed E-state index contributed by atoms with van der Waals surface area (Å²) in [5.41, 5.74) is 2.40. The van der Waals surface area contributed by atoms with Crippen molar-refractivity contribution in [1.82, 2.24) is 4.90 Å². The summed E-state index contributed by atoms with van der Waals surface area (Å²) in [4.78, 5) is 40.2. The van der Waals surface area contributed by atoms with Crippen molar-refractivity contribution in [1.29, 1.82) is 0 Å². The molecule has 34 heavy (non-hydrogen) atoms. The van der Waals surface area contributed by atoms with E-state index in [1.165, 1.54) is 0 Å². The van der Waals surface area contributed by atoms with Gasteiger partial charge in [-0.2, -0.15) is 0 Å². The Labute approximate surface area is 199 Å². The number of ether oxygens (including phenoxy) is 2. The van der Waals surface area contributed by atoms with E-state index in [-0.39, 0.29) is 12.5 Å². The van der Waals surface area contributed by atoms with Crippen LogP contribution in [0.4, 0.5) is 4.79 Å². The average molecular weight is 458 g/mol. The smallest absolute Gasteiger partial charge is 0.417 e. The van der Waals surface area contributed by atoms with Gasteiger partial charge < -0.3 is 9.47 Å². The third-order valence-corrected chi connectivity index (χ3v) is 5.96. The second-order valence-corrected chi connectivity index (χ2v) is 8.38. The van der Waals surface area contributed by atoms with Crippen molar-refractivity contribution >= 4 is 18.0 Å². The maximum atomic E-state index is 13.4. The van der Waals surface area contributed by atoms with E-state index in [0.717, 1.165) is 21.6 Å². The van der Waals surface area contributed by atoms with Gasteiger partial charge in [0.25, 0.3) is 0 Å². The highest BCUT2D eigenvalue weighted by molar-refractivity contribution is 5.98. The first kappa shape index (κ1) is 23.2. The molecule has 0 bridgehead atoms. The lowest BCUT2D eigenvalue weighted by molar-refractivity contribution is -0.161. The Morgan fingerprint density at radius 2 is 1.38 bits per heavy atom. The number of nitrogens with zero attached hydrogens (tertiary/aromatic N) is 1. The number of esters is 1. The number of benzene rings is 3. The Morgan fingerprint density at radius 3 is 1.94 bits per heavy atom. The molecule has 6 nitrogen and oxygen atoms in total. The van der Waals surface area contributed by atoms with Gasteiger partial charge in [-0.15, -0.1) is 0 Å². The van der Waals surface area contributed by atoms with E-state index in [1.807, 2.05) is 91.0 Å². The molecule has 1 heterocycles. The van der Waals surface area contributed by atoms with Gasteiger partial charge in [0.05, 0.1) is 0 Å². The summed E-state index contributed by atoms with van der Waals surface area (Å²) >= 11 is 0. The minimum atomic E-state index is -1.04. The Balaban J connectivity index is 1.55. The topological polar surface area (TPSA) is 72.9 Å². The normalized spacial score (nSPS) is 17.9. The van der Waals surface area contributed by atoms with Gasteiger partial charge in [0.1, 0.15) is 12.6 Å². The van der Waals surface area contributed by atoms with E-state index < -0.39 is 30.1 Å². The maximum absolute atomic E-state index is 13.4. The highest BCUT2D eigenvalue weighted by Gasteiger charge is 2.43. The molecule has 0 N–H and O–H groups in total. The summed E-state index contributed by atoms with van der Waals surface area (Å²) in [7, 11) is 0. The van der Waals surface area contributed by atoms with Crippen molar-refractivity contribution in [2.45, 2.75) is 38.5 Å². The van der Waals surface area contributed by atoms with Gasteiger partial charge in [-0.05, 0) is 29.5 Å². The molecule has 1 saturated heterocycles. The molecule has 0 aromatic heterocycles. The molecule has 0 spiro atoms. The Bertz CT molecular complexity index is 1080. The first-order chi connectivity index (χ1) is 16.5. The van der Waals surface area contributed by atoms with E-state index in [2.05, 4.69) is 0 Å². The van der Waals surface area contributed by atoms with Crippen molar-refractivity contribution in [2.24, 2.45) is 5.92 Å². The predicted molar refractivity (Wildman–Crippen MR) is 126 cm³/mol. The van der Waals surface area contributed by atoms with Crippen molar-refractivity contribution in [3.8, 4) is 0 Å². The summed E-state index contributed by atoms with van der Waals surface area (Å²) in [6.07, 6.45) is -0.685. The number of amides is 2. The van der Waals surface area contributed by atoms with E-state index in [9.17, 15) is 14.4 Å². The second kappa shape index (κ2) is 10.8. The van der Waals surface area contributed by atoms with Gasteiger partial charge in [0.2, 0.25) is 5.91 Å². The zero-order valence-electron chi connectivity index (χ0n) is 19.0. The van der Waals surface area contributed by atoms with Crippen molar-refractivity contribution in [3.63, 3.8) is 0 Å². The number of hydrogen-bond donors (Lipinski definition) is 0. The van der Waals surface area contributed by atoms with Crippen LogP contribution in [-0.4, -0.2) is 28.9 Å². The summed E-state index contributed by atoms with van der Waals surface area (Å²) in [5, 5.41) is 0. The van der Waals surface area contributed by atoms with E-state index in [1.54, 1.807) is 6.92 Å². The van der Waals surface area contributed by atoms with Crippen molar-refractivity contribution < 1.29 is 23.9 Å². The fraction of sp³-hybridized carbons (Fsp3) is 0.250. The Hall–Kier alpha value is -3.93. The molecule has 0 radical (unpaired) electrons. The highest BCUT2D eigenvalue weighted by atomic mass is 16.6. The van der Waals surface area contributed by atoms with Crippen LogP contribution >= 0.6 is 0 Å². The maximum Gasteiger partial charge on any atom is 0.417 e. The first-order valence-corrected chi connectivity index (χ1v) is 11.4. The number of imide groups is 1.